The van der Waals surface area contributed by atoms with Crippen molar-refractivity contribution in [1.29, 1.82) is 0 Å². The van der Waals surface area contributed by atoms with Gasteiger partial charge in [0.2, 0.25) is 0 Å². The fourth-order valence-corrected chi connectivity index (χ4v) is 1.84. The molecule has 0 radical (unpaired) electrons. The average molecular weight is 235 g/mol. The average Bonchev–Trinajstić information content (AvgIpc) is 2.32. The van der Waals surface area contributed by atoms with Gasteiger partial charge in [0.15, 0.2) is 5.69 Å². The minimum absolute atomic E-state index is 0.237. The van der Waals surface area contributed by atoms with Crippen LogP contribution in [0.15, 0.2) is 12.4 Å². The zero-order chi connectivity index (χ0) is 12.1. The van der Waals surface area contributed by atoms with Gasteiger partial charge in [-0.1, -0.05) is 19.3 Å². The first kappa shape index (κ1) is 11.8. The lowest BCUT2D eigenvalue weighted by atomic mass is 9.83. The first-order valence-corrected chi connectivity index (χ1v) is 5.94. The highest BCUT2D eigenvalue weighted by molar-refractivity contribution is 5.87. The molecule has 1 aromatic rings. The molecule has 0 atom stereocenters. The Balaban J connectivity index is 1.84. The van der Waals surface area contributed by atoms with Gasteiger partial charge in [0, 0.05) is 6.54 Å². The van der Waals surface area contributed by atoms with Crippen LogP contribution in [-0.2, 0) is 4.74 Å². The van der Waals surface area contributed by atoms with Crippen molar-refractivity contribution in [3.05, 3.63) is 18.1 Å². The first-order valence-electron chi connectivity index (χ1n) is 5.94. The molecule has 1 aromatic heterocycles. The van der Waals surface area contributed by atoms with Crippen molar-refractivity contribution in [2.75, 3.05) is 19.0 Å². The van der Waals surface area contributed by atoms with Crippen LogP contribution < -0.4 is 5.32 Å². The van der Waals surface area contributed by atoms with Gasteiger partial charge in [-0.25, -0.2) is 9.78 Å². The number of methoxy groups -OCH3 is 1. The van der Waals surface area contributed by atoms with Crippen LogP contribution in [0.3, 0.4) is 0 Å². The molecule has 0 aromatic carbocycles. The van der Waals surface area contributed by atoms with Crippen LogP contribution in [0.1, 0.15) is 36.2 Å². The minimum Gasteiger partial charge on any atom is -0.464 e. The van der Waals surface area contributed by atoms with Crippen LogP contribution >= 0.6 is 0 Å². The minimum atomic E-state index is -0.458. The van der Waals surface area contributed by atoms with E-state index in [0.717, 1.165) is 18.9 Å². The molecule has 1 saturated carbocycles. The molecule has 1 N–H and O–H groups in total. The Hall–Kier alpha value is -1.65. The fraction of sp³-hybridized carbons (Fsp3) is 0.583. The van der Waals surface area contributed by atoms with Crippen LogP contribution in [0.4, 0.5) is 5.82 Å². The van der Waals surface area contributed by atoms with Gasteiger partial charge in [-0.2, -0.15) is 0 Å². The monoisotopic (exact) mass is 235 g/mol. The maximum atomic E-state index is 11.3. The number of carbonyl (C=O) groups excluding carboxylic acids is 1. The molecular formula is C12H17N3O2. The second-order valence-corrected chi connectivity index (χ2v) is 4.29. The van der Waals surface area contributed by atoms with E-state index in [1.54, 1.807) is 6.20 Å². The van der Waals surface area contributed by atoms with Gasteiger partial charge in [0.1, 0.15) is 5.82 Å². The fourth-order valence-electron chi connectivity index (χ4n) is 1.84. The van der Waals surface area contributed by atoms with Crippen molar-refractivity contribution in [1.82, 2.24) is 9.97 Å². The SMILES string of the molecule is COC(=O)c1cncc(NCCC2CCC2)n1. The molecule has 0 bridgehead atoms. The van der Waals surface area contributed by atoms with Crippen molar-refractivity contribution in [3.8, 4) is 0 Å². The van der Waals surface area contributed by atoms with Crippen LogP contribution in [0.5, 0.6) is 0 Å². The third kappa shape index (κ3) is 3.15. The van der Waals surface area contributed by atoms with E-state index in [9.17, 15) is 4.79 Å². The zero-order valence-electron chi connectivity index (χ0n) is 9.98. The second-order valence-electron chi connectivity index (χ2n) is 4.29. The molecule has 17 heavy (non-hydrogen) atoms. The van der Waals surface area contributed by atoms with E-state index in [2.05, 4.69) is 20.0 Å². The largest absolute Gasteiger partial charge is 0.464 e. The van der Waals surface area contributed by atoms with Crippen molar-refractivity contribution in [2.24, 2.45) is 5.92 Å². The summed E-state index contributed by atoms with van der Waals surface area (Å²) in [6, 6.07) is 0. The number of aromatic nitrogens is 2. The third-order valence-electron chi connectivity index (χ3n) is 3.11. The van der Waals surface area contributed by atoms with Crippen molar-refractivity contribution >= 4 is 11.8 Å². The maximum absolute atomic E-state index is 11.3. The highest BCUT2D eigenvalue weighted by Crippen LogP contribution is 2.28. The van der Waals surface area contributed by atoms with Gasteiger partial charge < -0.3 is 10.1 Å². The topological polar surface area (TPSA) is 64.1 Å². The molecular weight excluding hydrogens is 218 g/mol. The number of hydrogen-bond acceptors (Lipinski definition) is 5. The Kier molecular flexibility index (Phi) is 3.90. The molecule has 1 heterocycles. The molecule has 0 saturated heterocycles. The second kappa shape index (κ2) is 5.61. The molecule has 92 valence electrons. The van der Waals surface area contributed by atoms with E-state index < -0.39 is 5.97 Å². The summed E-state index contributed by atoms with van der Waals surface area (Å²) in [5, 5.41) is 3.18. The molecule has 2 rings (SSSR count). The Morgan fingerprint density at radius 3 is 3.00 bits per heavy atom. The van der Waals surface area contributed by atoms with E-state index in [1.807, 2.05) is 0 Å². The number of ether oxygens (including phenoxy) is 1. The number of carbonyl (C=O) groups is 1. The summed E-state index contributed by atoms with van der Waals surface area (Å²) >= 11 is 0. The Bertz CT molecular complexity index is 391. The maximum Gasteiger partial charge on any atom is 0.358 e. The summed E-state index contributed by atoms with van der Waals surface area (Å²) in [5.74, 6) is 1.03. The quantitative estimate of drug-likeness (QED) is 0.789. The predicted molar refractivity (Wildman–Crippen MR) is 63.8 cm³/mol. The molecule has 1 aliphatic rings. The summed E-state index contributed by atoms with van der Waals surface area (Å²) in [7, 11) is 1.33. The van der Waals surface area contributed by atoms with E-state index in [4.69, 9.17) is 0 Å². The highest BCUT2D eigenvalue weighted by Gasteiger charge is 2.16. The number of nitrogens with zero attached hydrogens (tertiary/aromatic N) is 2. The Morgan fingerprint density at radius 2 is 2.35 bits per heavy atom. The summed E-state index contributed by atoms with van der Waals surface area (Å²) in [6.07, 6.45) is 8.23. The lowest BCUT2D eigenvalue weighted by Crippen LogP contribution is -2.16. The lowest BCUT2D eigenvalue weighted by molar-refractivity contribution is 0.0593. The van der Waals surface area contributed by atoms with Gasteiger partial charge >= 0.3 is 5.97 Å². The molecule has 0 amide bonds. The van der Waals surface area contributed by atoms with E-state index >= 15 is 0 Å². The van der Waals surface area contributed by atoms with E-state index in [1.165, 1.54) is 32.6 Å². The predicted octanol–water partition coefficient (Wildman–Crippen LogP) is 1.87. The summed E-state index contributed by atoms with van der Waals surface area (Å²) < 4.78 is 4.59. The molecule has 0 unspecified atom stereocenters. The van der Waals surface area contributed by atoms with Gasteiger partial charge in [0.05, 0.1) is 19.5 Å². The molecule has 5 heteroatoms. The summed E-state index contributed by atoms with van der Waals surface area (Å²) in [5.41, 5.74) is 0.237. The van der Waals surface area contributed by atoms with Crippen LogP contribution in [0.2, 0.25) is 0 Å². The lowest BCUT2D eigenvalue weighted by Gasteiger charge is -2.25. The van der Waals surface area contributed by atoms with Gasteiger partial charge in [-0.05, 0) is 12.3 Å². The van der Waals surface area contributed by atoms with Gasteiger partial charge in [-0.15, -0.1) is 0 Å². The molecule has 5 nitrogen and oxygen atoms in total. The molecule has 0 aliphatic heterocycles. The van der Waals surface area contributed by atoms with Crippen LogP contribution in [0.25, 0.3) is 0 Å². The van der Waals surface area contributed by atoms with Crippen molar-refractivity contribution in [2.45, 2.75) is 25.7 Å². The van der Waals surface area contributed by atoms with E-state index in [-0.39, 0.29) is 5.69 Å². The van der Waals surface area contributed by atoms with Crippen LogP contribution in [0, 0.1) is 5.92 Å². The smallest absolute Gasteiger partial charge is 0.358 e. The number of hydrogen-bond donors (Lipinski definition) is 1. The molecule has 1 aliphatic carbocycles. The van der Waals surface area contributed by atoms with E-state index in [0.29, 0.717) is 5.82 Å². The van der Waals surface area contributed by atoms with Crippen LogP contribution in [-0.4, -0.2) is 29.6 Å². The van der Waals surface area contributed by atoms with Crippen molar-refractivity contribution < 1.29 is 9.53 Å². The number of nitrogens with one attached hydrogen (secondary N) is 1. The summed E-state index contributed by atoms with van der Waals surface area (Å²) in [4.78, 5) is 19.3. The Morgan fingerprint density at radius 1 is 1.53 bits per heavy atom. The third-order valence-corrected chi connectivity index (χ3v) is 3.11. The van der Waals surface area contributed by atoms with Gasteiger partial charge in [-0.3, -0.25) is 4.98 Å². The molecule has 1 fully saturated rings. The molecule has 0 spiro atoms. The van der Waals surface area contributed by atoms with Gasteiger partial charge in [0.25, 0.3) is 0 Å². The number of anilines is 1. The normalized spacial score (nSPS) is 15.1. The zero-order valence-corrected chi connectivity index (χ0v) is 9.98. The van der Waals surface area contributed by atoms with Crippen molar-refractivity contribution in [3.63, 3.8) is 0 Å². The summed E-state index contributed by atoms with van der Waals surface area (Å²) in [6.45, 7) is 0.879. The number of esters is 1. The first-order chi connectivity index (χ1) is 8.29. The Labute approximate surface area is 101 Å². The highest BCUT2D eigenvalue weighted by atomic mass is 16.5. The number of rotatable bonds is 5. The standard InChI is InChI=1S/C12H17N3O2/c1-17-12(16)10-7-13-8-11(15-10)14-6-5-9-3-2-4-9/h7-9H,2-6H2,1H3,(H,14,15).